The van der Waals surface area contributed by atoms with Gasteiger partial charge < -0.3 is 9.80 Å². The quantitative estimate of drug-likeness (QED) is 0.753. The third-order valence-electron chi connectivity index (χ3n) is 3.76. The first kappa shape index (κ1) is 19.1. The van der Waals surface area contributed by atoms with Gasteiger partial charge in [-0.1, -0.05) is 28.1 Å². The minimum absolute atomic E-state index is 0.0698. The molecule has 0 spiro atoms. The largest absolute Gasteiger partial charge is 0.345 e. The number of rotatable bonds is 5. The molecule has 0 aliphatic rings. The first-order chi connectivity index (χ1) is 11.8. The van der Waals surface area contributed by atoms with Gasteiger partial charge in [-0.15, -0.1) is 0 Å². The molecule has 2 aromatic rings. The van der Waals surface area contributed by atoms with Crippen LogP contribution >= 0.6 is 15.9 Å². The highest BCUT2D eigenvalue weighted by Crippen LogP contribution is 2.18. The molecule has 0 saturated carbocycles. The molecule has 0 N–H and O–H groups in total. The van der Waals surface area contributed by atoms with Crippen LogP contribution in [0.15, 0.2) is 46.9 Å². The van der Waals surface area contributed by atoms with Crippen molar-refractivity contribution in [1.82, 2.24) is 9.80 Å². The molecule has 0 aliphatic heterocycles. The predicted octanol–water partition coefficient (Wildman–Crippen LogP) is 3.95. The molecule has 25 heavy (non-hydrogen) atoms. The van der Waals surface area contributed by atoms with E-state index in [-0.39, 0.29) is 11.8 Å². The van der Waals surface area contributed by atoms with E-state index in [1.165, 1.54) is 17.0 Å². The lowest BCUT2D eigenvalue weighted by Crippen LogP contribution is -2.30. The number of hydrogen-bond acceptors (Lipinski definition) is 2. The molecule has 0 heterocycles. The average Bonchev–Trinajstić information content (AvgIpc) is 2.58. The normalized spacial score (nSPS) is 10.4. The van der Waals surface area contributed by atoms with Gasteiger partial charge in [-0.05, 0) is 42.8 Å². The smallest absolute Gasteiger partial charge is 0.254 e. The average molecular weight is 407 g/mol. The van der Waals surface area contributed by atoms with Crippen molar-refractivity contribution in [1.29, 1.82) is 0 Å². The van der Waals surface area contributed by atoms with Gasteiger partial charge in [0.1, 0.15) is 5.82 Å². The number of benzene rings is 2. The van der Waals surface area contributed by atoms with Crippen molar-refractivity contribution in [3.63, 3.8) is 0 Å². The van der Waals surface area contributed by atoms with E-state index in [9.17, 15) is 14.0 Å². The monoisotopic (exact) mass is 406 g/mol. The molecular formula is C19H20BrFN2O2. The summed E-state index contributed by atoms with van der Waals surface area (Å²) in [5.41, 5.74) is 1.80. The molecule has 0 unspecified atom stereocenters. The molecule has 6 heteroatoms. The Morgan fingerprint density at radius 1 is 1.00 bits per heavy atom. The van der Waals surface area contributed by atoms with E-state index >= 15 is 0 Å². The fraction of sp³-hybridized carbons (Fsp3) is 0.263. The molecule has 0 aromatic heterocycles. The highest BCUT2D eigenvalue weighted by molar-refractivity contribution is 9.10. The second-order valence-electron chi connectivity index (χ2n) is 5.87. The summed E-state index contributed by atoms with van der Waals surface area (Å²) in [4.78, 5) is 27.7. The summed E-state index contributed by atoms with van der Waals surface area (Å²) < 4.78 is 14.1. The van der Waals surface area contributed by atoms with Crippen molar-refractivity contribution in [3.05, 3.63) is 69.4 Å². The summed E-state index contributed by atoms with van der Waals surface area (Å²) in [7, 11) is 3.40. The molecule has 0 bridgehead atoms. The van der Waals surface area contributed by atoms with Crippen LogP contribution in [-0.2, 0) is 6.54 Å². The van der Waals surface area contributed by atoms with Crippen LogP contribution in [0.3, 0.4) is 0 Å². The Kier molecular flexibility index (Phi) is 6.31. The third-order valence-corrected chi connectivity index (χ3v) is 4.22. The maximum atomic E-state index is 13.5. The zero-order chi connectivity index (χ0) is 18.6. The standard InChI is InChI=1S/C19H20BrFN2O2/c1-4-23(19(25)15-9-16(20)11-17(21)10-15)12-13-5-7-14(8-6-13)18(24)22(2)3/h5-11H,4,12H2,1-3H3. The van der Waals surface area contributed by atoms with Gasteiger partial charge in [-0.3, -0.25) is 9.59 Å². The molecule has 2 aromatic carbocycles. The van der Waals surface area contributed by atoms with E-state index in [1.54, 1.807) is 37.2 Å². The SMILES string of the molecule is CCN(Cc1ccc(C(=O)N(C)C)cc1)C(=O)c1cc(F)cc(Br)c1. The lowest BCUT2D eigenvalue weighted by molar-refractivity contribution is 0.0751. The molecule has 0 aliphatic carbocycles. The highest BCUT2D eigenvalue weighted by Gasteiger charge is 2.16. The van der Waals surface area contributed by atoms with E-state index in [4.69, 9.17) is 0 Å². The van der Waals surface area contributed by atoms with Crippen molar-refractivity contribution in [2.45, 2.75) is 13.5 Å². The Labute approximate surface area is 155 Å². The van der Waals surface area contributed by atoms with E-state index in [1.807, 2.05) is 19.1 Å². The molecule has 2 rings (SSSR count). The highest BCUT2D eigenvalue weighted by atomic mass is 79.9. The Morgan fingerprint density at radius 2 is 1.64 bits per heavy atom. The van der Waals surface area contributed by atoms with Crippen LogP contribution in [0.4, 0.5) is 4.39 Å². The number of nitrogens with zero attached hydrogens (tertiary/aromatic N) is 2. The predicted molar refractivity (Wildman–Crippen MR) is 99.0 cm³/mol. The van der Waals surface area contributed by atoms with Crippen LogP contribution in [0.25, 0.3) is 0 Å². The fourth-order valence-electron chi connectivity index (χ4n) is 2.42. The van der Waals surface area contributed by atoms with Crippen molar-refractivity contribution in [2.24, 2.45) is 0 Å². The molecular weight excluding hydrogens is 387 g/mol. The van der Waals surface area contributed by atoms with Crippen molar-refractivity contribution in [3.8, 4) is 0 Å². The molecule has 0 fully saturated rings. The van der Waals surface area contributed by atoms with Gasteiger partial charge in [-0.25, -0.2) is 4.39 Å². The Balaban J connectivity index is 2.16. The zero-order valence-electron chi connectivity index (χ0n) is 14.4. The maximum Gasteiger partial charge on any atom is 0.254 e. The number of carbonyl (C=O) groups excluding carboxylic acids is 2. The van der Waals surface area contributed by atoms with Crippen molar-refractivity contribution < 1.29 is 14.0 Å². The van der Waals surface area contributed by atoms with Crippen molar-refractivity contribution in [2.75, 3.05) is 20.6 Å². The van der Waals surface area contributed by atoms with E-state index in [0.717, 1.165) is 5.56 Å². The van der Waals surface area contributed by atoms with Crippen LogP contribution in [0.1, 0.15) is 33.2 Å². The minimum Gasteiger partial charge on any atom is -0.345 e. The summed E-state index contributed by atoms with van der Waals surface area (Å²) in [6, 6.07) is 11.3. The summed E-state index contributed by atoms with van der Waals surface area (Å²) in [5.74, 6) is -0.768. The van der Waals surface area contributed by atoms with E-state index in [2.05, 4.69) is 15.9 Å². The molecule has 4 nitrogen and oxygen atoms in total. The Hall–Kier alpha value is -2.21. The third kappa shape index (κ3) is 4.89. The van der Waals surface area contributed by atoms with Gasteiger partial charge in [0.2, 0.25) is 0 Å². The minimum atomic E-state index is -0.458. The first-order valence-corrected chi connectivity index (χ1v) is 8.67. The van der Waals surface area contributed by atoms with Gasteiger partial charge in [0.25, 0.3) is 11.8 Å². The molecule has 0 saturated heterocycles. The Morgan fingerprint density at radius 3 is 2.16 bits per heavy atom. The lowest BCUT2D eigenvalue weighted by Gasteiger charge is -2.21. The lowest BCUT2D eigenvalue weighted by atomic mass is 10.1. The van der Waals surface area contributed by atoms with Crippen LogP contribution in [0.5, 0.6) is 0 Å². The van der Waals surface area contributed by atoms with Gasteiger partial charge in [0, 0.05) is 42.8 Å². The van der Waals surface area contributed by atoms with Crippen LogP contribution < -0.4 is 0 Å². The number of hydrogen-bond donors (Lipinski definition) is 0. The fourth-order valence-corrected chi connectivity index (χ4v) is 2.88. The summed E-state index contributed by atoms with van der Waals surface area (Å²) >= 11 is 3.21. The number of carbonyl (C=O) groups is 2. The van der Waals surface area contributed by atoms with Crippen LogP contribution in [0, 0.1) is 5.82 Å². The summed E-state index contributed by atoms with van der Waals surface area (Å²) in [6.45, 7) is 2.75. The zero-order valence-corrected chi connectivity index (χ0v) is 16.0. The van der Waals surface area contributed by atoms with E-state index in [0.29, 0.717) is 28.7 Å². The van der Waals surface area contributed by atoms with Crippen LogP contribution in [-0.4, -0.2) is 42.3 Å². The van der Waals surface area contributed by atoms with Gasteiger partial charge in [0.05, 0.1) is 0 Å². The van der Waals surface area contributed by atoms with Gasteiger partial charge >= 0.3 is 0 Å². The Bertz CT molecular complexity index is 755. The maximum absolute atomic E-state index is 13.5. The topological polar surface area (TPSA) is 40.6 Å². The molecule has 0 atom stereocenters. The first-order valence-electron chi connectivity index (χ1n) is 7.87. The molecule has 2 amide bonds. The van der Waals surface area contributed by atoms with Gasteiger partial charge in [0.15, 0.2) is 0 Å². The van der Waals surface area contributed by atoms with E-state index < -0.39 is 5.82 Å². The number of halogens is 2. The second kappa shape index (κ2) is 8.25. The molecule has 132 valence electrons. The van der Waals surface area contributed by atoms with Crippen molar-refractivity contribution >= 4 is 27.7 Å². The molecule has 0 radical (unpaired) electrons. The second-order valence-corrected chi connectivity index (χ2v) is 6.79. The summed E-state index contributed by atoms with van der Waals surface area (Å²) in [6.07, 6.45) is 0. The number of amides is 2. The van der Waals surface area contributed by atoms with Gasteiger partial charge in [-0.2, -0.15) is 0 Å². The van der Waals surface area contributed by atoms with Crippen LogP contribution in [0.2, 0.25) is 0 Å². The summed E-state index contributed by atoms with van der Waals surface area (Å²) in [5, 5.41) is 0.